The molecule has 0 saturated carbocycles. The summed E-state index contributed by atoms with van der Waals surface area (Å²) in [5.74, 6) is 0.809. The molecule has 8 nitrogen and oxygen atoms in total. The van der Waals surface area contributed by atoms with E-state index in [0.29, 0.717) is 22.8 Å². The number of hydrogen-bond donors (Lipinski definition) is 1. The lowest BCUT2D eigenvalue weighted by Gasteiger charge is -2.24. The van der Waals surface area contributed by atoms with Crippen LogP contribution in [0.2, 0.25) is 0 Å². The molecule has 0 unspecified atom stereocenters. The molecule has 1 aliphatic rings. The van der Waals surface area contributed by atoms with Crippen molar-refractivity contribution in [1.29, 1.82) is 0 Å². The van der Waals surface area contributed by atoms with Gasteiger partial charge in [0.25, 0.3) is 15.9 Å². The zero-order chi connectivity index (χ0) is 25.2. The highest BCUT2D eigenvalue weighted by Gasteiger charge is 2.29. The fraction of sp³-hybridized carbons (Fsp3) is 0.240. The smallest absolute Gasteiger partial charge is 0.263 e. The third kappa shape index (κ3) is 5.17. The Morgan fingerprint density at radius 2 is 1.83 bits per heavy atom. The van der Waals surface area contributed by atoms with Gasteiger partial charge in [0.1, 0.15) is 11.6 Å². The van der Waals surface area contributed by atoms with E-state index >= 15 is 0 Å². The highest BCUT2D eigenvalue weighted by molar-refractivity contribution is 7.92. The summed E-state index contributed by atoms with van der Waals surface area (Å²) in [5.41, 5.74) is 1.67. The molecule has 0 bridgehead atoms. The van der Waals surface area contributed by atoms with E-state index in [1.807, 2.05) is 12.1 Å². The first-order valence-electron chi connectivity index (χ1n) is 10.8. The van der Waals surface area contributed by atoms with Crippen molar-refractivity contribution >= 4 is 21.6 Å². The van der Waals surface area contributed by atoms with Gasteiger partial charge in [-0.15, -0.1) is 0 Å². The van der Waals surface area contributed by atoms with Gasteiger partial charge < -0.3 is 19.1 Å². The quantitative estimate of drug-likeness (QED) is 0.528. The molecule has 0 spiro atoms. The van der Waals surface area contributed by atoms with E-state index < -0.39 is 21.9 Å². The summed E-state index contributed by atoms with van der Waals surface area (Å²) in [6.45, 7) is 2.08. The molecule has 0 aliphatic carbocycles. The average molecular weight is 501 g/mol. The number of benzene rings is 3. The number of fused-ring (bicyclic) bond motifs is 1. The Kier molecular flexibility index (Phi) is 6.83. The van der Waals surface area contributed by atoms with Gasteiger partial charge in [0.15, 0.2) is 17.6 Å². The number of para-hydroxylation sites is 1. The topological polar surface area (TPSA) is 94.2 Å². The SMILES string of the molecule is COc1cccc(CN2Cc3cc(NS(=O)(=O)c4ccc(F)cc4)ccc3O[C@H](C)C2=O)c1OC. The molecule has 1 aliphatic heterocycles. The number of carbonyl (C=O) groups excluding carboxylic acids is 1. The number of anilines is 1. The highest BCUT2D eigenvalue weighted by atomic mass is 32.2. The van der Waals surface area contributed by atoms with Crippen LogP contribution in [0.5, 0.6) is 17.2 Å². The molecule has 1 N–H and O–H groups in total. The molecule has 1 atom stereocenters. The van der Waals surface area contributed by atoms with E-state index in [1.54, 1.807) is 43.2 Å². The van der Waals surface area contributed by atoms with Gasteiger partial charge in [-0.2, -0.15) is 0 Å². The molecule has 1 amide bonds. The summed E-state index contributed by atoms with van der Waals surface area (Å²) in [4.78, 5) is 14.6. The van der Waals surface area contributed by atoms with Crippen molar-refractivity contribution < 1.29 is 31.8 Å². The molecule has 1 heterocycles. The van der Waals surface area contributed by atoms with Crippen LogP contribution in [0.3, 0.4) is 0 Å². The third-order valence-corrected chi connectivity index (χ3v) is 7.00. The zero-order valence-corrected chi connectivity index (χ0v) is 20.3. The number of carbonyl (C=O) groups is 1. The van der Waals surface area contributed by atoms with Crippen LogP contribution in [0.15, 0.2) is 65.6 Å². The minimum atomic E-state index is -3.93. The van der Waals surface area contributed by atoms with E-state index in [1.165, 1.54) is 19.2 Å². The van der Waals surface area contributed by atoms with Gasteiger partial charge >= 0.3 is 0 Å². The molecule has 184 valence electrons. The van der Waals surface area contributed by atoms with Crippen LogP contribution >= 0.6 is 0 Å². The first kappa shape index (κ1) is 24.3. The molecule has 0 radical (unpaired) electrons. The molecular weight excluding hydrogens is 475 g/mol. The van der Waals surface area contributed by atoms with E-state index in [2.05, 4.69) is 4.72 Å². The van der Waals surface area contributed by atoms with Crippen molar-refractivity contribution in [2.24, 2.45) is 0 Å². The third-order valence-electron chi connectivity index (χ3n) is 5.61. The minimum Gasteiger partial charge on any atom is -0.493 e. The van der Waals surface area contributed by atoms with Gasteiger partial charge in [0.2, 0.25) is 0 Å². The maximum absolute atomic E-state index is 13.2. The van der Waals surface area contributed by atoms with Gasteiger partial charge in [-0.3, -0.25) is 9.52 Å². The van der Waals surface area contributed by atoms with Crippen LogP contribution in [0.4, 0.5) is 10.1 Å². The molecule has 35 heavy (non-hydrogen) atoms. The Hall–Kier alpha value is -3.79. The maximum Gasteiger partial charge on any atom is 0.263 e. The van der Waals surface area contributed by atoms with Crippen molar-refractivity contribution in [2.45, 2.75) is 31.0 Å². The van der Waals surface area contributed by atoms with Crippen LogP contribution in [0.1, 0.15) is 18.1 Å². The Labute approximate surface area is 203 Å². The van der Waals surface area contributed by atoms with Crippen molar-refractivity contribution in [2.75, 3.05) is 18.9 Å². The first-order chi connectivity index (χ1) is 16.7. The number of rotatable bonds is 7. The number of hydrogen-bond acceptors (Lipinski definition) is 6. The van der Waals surface area contributed by atoms with Crippen LogP contribution in [0.25, 0.3) is 0 Å². The van der Waals surface area contributed by atoms with Crippen LogP contribution < -0.4 is 18.9 Å². The summed E-state index contributed by atoms with van der Waals surface area (Å²) < 4.78 is 57.9. The van der Waals surface area contributed by atoms with Crippen molar-refractivity contribution in [3.8, 4) is 17.2 Å². The number of nitrogens with one attached hydrogen (secondary N) is 1. The van der Waals surface area contributed by atoms with E-state index in [0.717, 1.165) is 17.7 Å². The number of sulfonamides is 1. The van der Waals surface area contributed by atoms with E-state index in [-0.39, 0.29) is 29.6 Å². The Morgan fingerprint density at radius 3 is 2.51 bits per heavy atom. The molecule has 4 rings (SSSR count). The molecule has 3 aromatic carbocycles. The molecular formula is C25H25FN2O6S. The Morgan fingerprint density at radius 1 is 1.09 bits per heavy atom. The lowest BCUT2D eigenvalue weighted by molar-refractivity contribution is -0.138. The Bertz CT molecular complexity index is 1340. The largest absolute Gasteiger partial charge is 0.493 e. The van der Waals surface area contributed by atoms with Gasteiger partial charge in [0.05, 0.1) is 19.1 Å². The summed E-state index contributed by atoms with van der Waals surface area (Å²) in [6.07, 6.45) is -0.741. The lowest BCUT2D eigenvalue weighted by Crippen LogP contribution is -2.37. The van der Waals surface area contributed by atoms with Crippen molar-refractivity contribution in [1.82, 2.24) is 4.90 Å². The second-order valence-electron chi connectivity index (χ2n) is 7.99. The molecule has 3 aromatic rings. The average Bonchev–Trinajstić information content (AvgIpc) is 2.95. The normalized spacial score (nSPS) is 15.6. The molecule has 0 fully saturated rings. The summed E-state index contributed by atoms with van der Waals surface area (Å²) in [5, 5.41) is 0. The zero-order valence-electron chi connectivity index (χ0n) is 19.4. The van der Waals surface area contributed by atoms with Crippen molar-refractivity contribution in [3.05, 3.63) is 77.6 Å². The van der Waals surface area contributed by atoms with E-state index in [9.17, 15) is 17.6 Å². The minimum absolute atomic E-state index is 0.0689. The number of amides is 1. The molecule has 0 aromatic heterocycles. The predicted octanol–water partition coefficient (Wildman–Crippen LogP) is 3.95. The first-order valence-corrected chi connectivity index (χ1v) is 12.3. The fourth-order valence-corrected chi connectivity index (χ4v) is 4.96. The lowest BCUT2D eigenvalue weighted by atomic mass is 10.1. The van der Waals surface area contributed by atoms with Gasteiger partial charge in [0, 0.05) is 29.9 Å². The van der Waals surface area contributed by atoms with Crippen LogP contribution in [0, 0.1) is 5.82 Å². The highest BCUT2D eigenvalue weighted by Crippen LogP contribution is 2.34. The maximum atomic E-state index is 13.2. The molecule has 0 saturated heterocycles. The van der Waals surface area contributed by atoms with Gasteiger partial charge in [-0.25, -0.2) is 12.8 Å². The number of nitrogens with zero attached hydrogens (tertiary/aromatic N) is 1. The number of ether oxygens (including phenoxy) is 3. The predicted molar refractivity (Wildman–Crippen MR) is 128 cm³/mol. The summed E-state index contributed by atoms with van der Waals surface area (Å²) in [6, 6.07) is 14.8. The van der Waals surface area contributed by atoms with Gasteiger partial charge in [-0.1, -0.05) is 12.1 Å². The molecule has 10 heteroatoms. The van der Waals surface area contributed by atoms with Crippen molar-refractivity contribution in [3.63, 3.8) is 0 Å². The number of halogens is 1. The summed E-state index contributed by atoms with van der Waals surface area (Å²) in [7, 11) is -0.860. The number of methoxy groups -OCH3 is 2. The standard InChI is InChI=1S/C25H25FN2O6S/c1-16-25(29)28(14-17-5-4-6-23(32-2)24(17)33-3)15-18-13-20(9-12-22(18)34-16)27-35(30,31)21-10-7-19(26)8-11-21/h4-13,16,27H,14-15H2,1-3H3/t16-/m1/s1. The summed E-state index contributed by atoms with van der Waals surface area (Å²) >= 11 is 0. The second kappa shape index (κ2) is 9.83. The van der Waals surface area contributed by atoms with Crippen LogP contribution in [-0.4, -0.2) is 39.5 Å². The Balaban J connectivity index is 1.63. The van der Waals surface area contributed by atoms with Gasteiger partial charge in [-0.05, 0) is 55.5 Å². The second-order valence-corrected chi connectivity index (χ2v) is 9.67. The fourth-order valence-electron chi connectivity index (χ4n) is 3.91. The van der Waals surface area contributed by atoms with E-state index in [4.69, 9.17) is 14.2 Å². The van der Waals surface area contributed by atoms with Crippen LogP contribution in [-0.2, 0) is 27.9 Å². The monoisotopic (exact) mass is 500 g/mol.